The van der Waals surface area contributed by atoms with Gasteiger partial charge in [0.2, 0.25) is 0 Å². The summed E-state index contributed by atoms with van der Waals surface area (Å²) >= 11 is 0. The van der Waals surface area contributed by atoms with E-state index in [0.717, 1.165) is 18.4 Å². The summed E-state index contributed by atoms with van der Waals surface area (Å²) in [5.41, 5.74) is 0.950. The van der Waals surface area contributed by atoms with Crippen LogP contribution in [0.15, 0.2) is 49.2 Å². The van der Waals surface area contributed by atoms with E-state index in [0.29, 0.717) is 54.2 Å². The summed E-state index contributed by atoms with van der Waals surface area (Å²) < 4.78 is 14.9. The van der Waals surface area contributed by atoms with Gasteiger partial charge in [-0.1, -0.05) is 6.07 Å². The van der Waals surface area contributed by atoms with Crippen LogP contribution in [0, 0.1) is 5.92 Å². The number of β-amino-alcohol motifs (C(OH)–C–C–N with tert-alkyl or cyclic N) is 1. The van der Waals surface area contributed by atoms with Crippen molar-refractivity contribution in [1.82, 2.24) is 34.0 Å². The lowest BCUT2D eigenvalue weighted by atomic mass is 9.94. The number of piperidine rings is 1. The fourth-order valence-electron chi connectivity index (χ4n) is 5.67. The first-order chi connectivity index (χ1) is 22.7. The average molecular weight is 660 g/mol. The number of likely N-dealkylation sites (tertiary alicyclic amines) is 1. The third-order valence-electron chi connectivity index (χ3n) is 8.18. The number of fused-ring (bicyclic) bond motifs is 1. The van der Waals surface area contributed by atoms with Crippen LogP contribution in [-0.2, 0) is 16.0 Å². The standard InChI is InChI=1S/C34H45N9O5/c1-33(2,3)47-31(45)40-14-12-23(26(44)20-40)16-36-27-15-29(43-30(39-27)25(17-38-43)22-10-11-22)42(32(46)48-34(4,5)6)19-24-18-41(21-37-24)28-9-7-8-13-35-28/h7-9,13,15,17-18,21-23,26,44H,10-12,14,16,19-20H2,1-6H3,(H,36,39)/t23-,26+/m1/s1. The first-order valence-corrected chi connectivity index (χ1v) is 16.5. The van der Waals surface area contributed by atoms with E-state index in [1.807, 2.05) is 72.1 Å². The fraction of sp³-hybridized carbons (Fsp3) is 0.529. The van der Waals surface area contributed by atoms with Crippen LogP contribution in [0.2, 0.25) is 0 Å². The largest absolute Gasteiger partial charge is 0.444 e. The average Bonchev–Trinajstić information content (AvgIpc) is 3.59. The molecule has 256 valence electrons. The van der Waals surface area contributed by atoms with Gasteiger partial charge in [0.15, 0.2) is 5.65 Å². The number of aromatic nitrogens is 6. The van der Waals surface area contributed by atoms with Gasteiger partial charge in [0, 0.05) is 43.0 Å². The number of carbonyl (C=O) groups excluding carboxylic acids is 2. The zero-order valence-corrected chi connectivity index (χ0v) is 28.5. The molecule has 0 spiro atoms. The molecule has 2 aliphatic rings. The summed E-state index contributed by atoms with van der Waals surface area (Å²) in [5.74, 6) is 1.94. The molecule has 1 saturated heterocycles. The molecule has 48 heavy (non-hydrogen) atoms. The van der Waals surface area contributed by atoms with Crippen LogP contribution in [0.5, 0.6) is 0 Å². The number of nitrogens with zero attached hydrogens (tertiary/aromatic N) is 8. The molecule has 14 heteroatoms. The van der Waals surface area contributed by atoms with Gasteiger partial charge in [0.1, 0.15) is 35.0 Å². The van der Waals surface area contributed by atoms with Crippen molar-refractivity contribution in [3.05, 3.63) is 60.4 Å². The second-order valence-electron chi connectivity index (χ2n) is 14.6. The lowest BCUT2D eigenvalue weighted by Gasteiger charge is -2.36. The molecule has 0 aromatic carbocycles. The number of carbonyl (C=O) groups is 2. The van der Waals surface area contributed by atoms with Crippen molar-refractivity contribution in [2.24, 2.45) is 5.92 Å². The van der Waals surface area contributed by atoms with Gasteiger partial charge in [0.25, 0.3) is 0 Å². The number of rotatable bonds is 8. The Balaban J connectivity index is 1.28. The maximum Gasteiger partial charge on any atom is 0.416 e. The third-order valence-corrected chi connectivity index (χ3v) is 8.18. The number of anilines is 2. The Kier molecular flexibility index (Phi) is 9.03. The highest BCUT2D eigenvalue weighted by molar-refractivity contribution is 5.88. The molecule has 0 unspecified atom stereocenters. The molecule has 1 aliphatic heterocycles. The molecular formula is C34H45N9O5. The van der Waals surface area contributed by atoms with Crippen molar-refractivity contribution in [2.45, 2.75) is 90.6 Å². The van der Waals surface area contributed by atoms with Crippen LogP contribution >= 0.6 is 0 Å². The molecule has 4 aromatic rings. The number of hydrogen-bond acceptors (Lipinski definition) is 10. The third kappa shape index (κ3) is 7.87. The van der Waals surface area contributed by atoms with Gasteiger partial charge >= 0.3 is 12.2 Å². The van der Waals surface area contributed by atoms with Crippen molar-refractivity contribution in [1.29, 1.82) is 0 Å². The van der Waals surface area contributed by atoms with Gasteiger partial charge in [-0.25, -0.2) is 24.5 Å². The number of pyridine rings is 1. The minimum atomic E-state index is -0.747. The Hall–Kier alpha value is -4.72. The van der Waals surface area contributed by atoms with Crippen LogP contribution in [-0.4, -0.2) is 88.3 Å². The van der Waals surface area contributed by atoms with Crippen LogP contribution in [0.4, 0.5) is 21.2 Å². The molecule has 4 aromatic heterocycles. The number of amides is 2. The predicted molar refractivity (Wildman–Crippen MR) is 179 cm³/mol. The van der Waals surface area contributed by atoms with E-state index in [2.05, 4.69) is 20.4 Å². The quantitative estimate of drug-likeness (QED) is 0.260. The molecular weight excluding hydrogens is 614 g/mol. The molecule has 2 atom stereocenters. The zero-order chi connectivity index (χ0) is 34.2. The number of aliphatic hydroxyl groups is 1. The zero-order valence-electron chi connectivity index (χ0n) is 28.5. The lowest BCUT2D eigenvalue weighted by Crippen LogP contribution is -2.49. The molecule has 14 nitrogen and oxygen atoms in total. The molecule has 2 fully saturated rings. The number of ether oxygens (including phenoxy) is 2. The smallest absolute Gasteiger partial charge is 0.416 e. The monoisotopic (exact) mass is 659 g/mol. The highest BCUT2D eigenvalue weighted by Crippen LogP contribution is 2.42. The minimum absolute atomic E-state index is 0.105. The first kappa shape index (κ1) is 33.2. The molecule has 5 heterocycles. The van der Waals surface area contributed by atoms with Gasteiger partial charge < -0.3 is 24.8 Å². The Morgan fingerprint density at radius 2 is 1.83 bits per heavy atom. The Morgan fingerprint density at radius 1 is 1.06 bits per heavy atom. The molecule has 2 N–H and O–H groups in total. The van der Waals surface area contributed by atoms with Crippen LogP contribution in [0.1, 0.15) is 78.0 Å². The highest BCUT2D eigenvalue weighted by Gasteiger charge is 2.34. The van der Waals surface area contributed by atoms with Gasteiger partial charge in [0.05, 0.1) is 31.1 Å². The van der Waals surface area contributed by atoms with Gasteiger partial charge in [-0.2, -0.15) is 9.61 Å². The maximum absolute atomic E-state index is 13.9. The summed E-state index contributed by atoms with van der Waals surface area (Å²) in [7, 11) is 0. The number of nitrogens with one attached hydrogen (secondary N) is 1. The SMILES string of the molecule is CC(C)(C)OC(=O)N1CC[C@H](CNc2cc(N(Cc3cn(-c4ccccn4)cn3)C(=O)OC(C)(C)C)n3ncc(C4CC4)c3n2)[C@@H](O)C1. The lowest BCUT2D eigenvalue weighted by molar-refractivity contribution is -0.0104. The van der Waals surface area contributed by atoms with E-state index in [9.17, 15) is 14.7 Å². The fourth-order valence-corrected chi connectivity index (χ4v) is 5.67. The highest BCUT2D eigenvalue weighted by atomic mass is 16.6. The van der Waals surface area contributed by atoms with Crippen molar-refractivity contribution in [3.8, 4) is 5.82 Å². The van der Waals surface area contributed by atoms with Gasteiger partial charge in [-0.15, -0.1) is 0 Å². The molecule has 0 bridgehead atoms. The number of hydrogen-bond donors (Lipinski definition) is 2. The number of imidazole rings is 1. The minimum Gasteiger partial charge on any atom is -0.444 e. The van der Waals surface area contributed by atoms with Crippen molar-refractivity contribution >= 4 is 29.5 Å². The Labute approximate surface area is 280 Å². The van der Waals surface area contributed by atoms with Gasteiger partial charge in [-0.05, 0) is 78.9 Å². The van der Waals surface area contributed by atoms with Gasteiger partial charge in [-0.3, -0.25) is 9.47 Å². The molecule has 1 saturated carbocycles. The molecule has 6 rings (SSSR count). The number of aliphatic hydroxyl groups excluding tert-OH is 1. The summed E-state index contributed by atoms with van der Waals surface area (Å²) in [5, 5.41) is 19.1. The Bertz CT molecular complexity index is 1750. The van der Waals surface area contributed by atoms with Crippen LogP contribution < -0.4 is 10.2 Å². The first-order valence-electron chi connectivity index (χ1n) is 16.5. The molecule has 2 amide bonds. The molecule has 0 radical (unpaired) electrons. The Morgan fingerprint density at radius 3 is 2.50 bits per heavy atom. The maximum atomic E-state index is 13.9. The summed E-state index contributed by atoms with van der Waals surface area (Å²) in [6, 6.07) is 7.40. The molecule has 1 aliphatic carbocycles. The van der Waals surface area contributed by atoms with E-state index in [4.69, 9.17) is 14.5 Å². The van der Waals surface area contributed by atoms with Crippen LogP contribution in [0.3, 0.4) is 0 Å². The van der Waals surface area contributed by atoms with E-state index in [-0.39, 0.29) is 19.0 Å². The normalized spacial score (nSPS) is 18.5. The predicted octanol–water partition coefficient (Wildman–Crippen LogP) is 5.16. The van der Waals surface area contributed by atoms with Crippen LogP contribution in [0.25, 0.3) is 11.5 Å². The van der Waals surface area contributed by atoms with Crippen molar-refractivity contribution in [3.63, 3.8) is 0 Å². The second-order valence-corrected chi connectivity index (χ2v) is 14.6. The second kappa shape index (κ2) is 13.1. The van der Waals surface area contributed by atoms with E-state index >= 15 is 0 Å². The van der Waals surface area contributed by atoms with Crippen molar-refractivity contribution < 1.29 is 24.2 Å². The van der Waals surface area contributed by atoms with E-state index < -0.39 is 29.5 Å². The van der Waals surface area contributed by atoms with E-state index in [1.165, 1.54) is 4.90 Å². The van der Waals surface area contributed by atoms with Crippen molar-refractivity contribution in [2.75, 3.05) is 29.9 Å². The summed E-state index contributed by atoms with van der Waals surface area (Å²) in [6.07, 6.45) is 8.01. The summed E-state index contributed by atoms with van der Waals surface area (Å²) in [4.78, 5) is 43.4. The topological polar surface area (TPSA) is 152 Å². The summed E-state index contributed by atoms with van der Waals surface area (Å²) in [6.45, 7) is 12.1. The van der Waals surface area contributed by atoms with E-state index in [1.54, 1.807) is 32.6 Å².